The third kappa shape index (κ3) is 6.24. The molecule has 24 heavy (non-hydrogen) atoms. The van der Waals surface area contributed by atoms with Gasteiger partial charge in [-0.3, -0.25) is 9.59 Å². The molecule has 0 bridgehead atoms. The van der Waals surface area contributed by atoms with Crippen LogP contribution in [0.2, 0.25) is 0 Å². The fourth-order valence-electron chi connectivity index (χ4n) is 2.56. The zero-order chi connectivity index (χ0) is 17.2. The largest absolute Gasteiger partial charge is 0.469 e. The molecule has 4 heteroatoms. The van der Waals surface area contributed by atoms with Crippen molar-refractivity contribution in [2.75, 3.05) is 7.11 Å². The second-order valence-corrected chi connectivity index (χ2v) is 5.72. The van der Waals surface area contributed by atoms with E-state index >= 15 is 0 Å². The maximum Gasteiger partial charge on any atom is 0.307 e. The number of benzene rings is 2. The van der Waals surface area contributed by atoms with Gasteiger partial charge in [-0.15, -0.1) is 0 Å². The summed E-state index contributed by atoms with van der Waals surface area (Å²) >= 11 is 0. The summed E-state index contributed by atoms with van der Waals surface area (Å²) in [6.45, 7) is 0. The molecule has 0 fully saturated rings. The molecule has 2 rings (SSSR count). The van der Waals surface area contributed by atoms with E-state index < -0.39 is 0 Å². The van der Waals surface area contributed by atoms with Gasteiger partial charge in [0.25, 0.3) is 0 Å². The molecule has 0 aliphatic heterocycles. The zero-order valence-corrected chi connectivity index (χ0v) is 13.9. The Morgan fingerprint density at radius 1 is 0.958 bits per heavy atom. The van der Waals surface area contributed by atoms with E-state index in [-0.39, 0.29) is 24.3 Å². The molecule has 1 N–H and O–H groups in total. The lowest BCUT2D eigenvalue weighted by molar-refractivity contribution is -0.141. The highest BCUT2D eigenvalue weighted by atomic mass is 16.5. The van der Waals surface area contributed by atoms with E-state index in [4.69, 9.17) is 4.74 Å². The van der Waals surface area contributed by atoms with E-state index in [9.17, 15) is 9.59 Å². The molecule has 1 unspecified atom stereocenters. The Kier molecular flexibility index (Phi) is 7.02. The van der Waals surface area contributed by atoms with E-state index in [0.717, 1.165) is 11.1 Å². The SMILES string of the molecule is COC(=O)CC(Cc1ccccc1)NC(=O)CCc1ccccc1. The molecule has 4 nitrogen and oxygen atoms in total. The summed E-state index contributed by atoms with van der Waals surface area (Å²) in [6.07, 6.45) is 1.86. The monoisotopic (exact) mass is 325 g/mol. The number of ether oxygens (including phenoxy) is 1. The minimum absolute atomic E-state index is 0.0521. The van der Waals surface area contributed by atoms with Gasteiger partial charge >= 0.3 is 5.97 Å². The van der Waals surface area contributed by atoms with Gasteiger partial charge in [-0.1, -0.05) is 60.7 Å². The lowest BCUT2D eigenvalue weighted by Gasteiger charge is -2.18. The van der Waals surface area contributed by atoms with Crippen molar-refractivity contribution in [3.8, 4) is 0 Å². The molecule has 2 aromatic carbocycles. The molecule has 0 radical (unpaired) electrons. The second-order valence-electron chi connectivity index (χ2n) is 5.72. The molecule has 1 atom stereocenters. The summed E-state index contributed by atoms with van der Waals surface area (Å²) < 4.78 is 4.74. The van der Waals surface area contributed by atoms with Gasteiger partial charge in [-0.05, 0) is 24.0 Å². The Labute approximate surface area is 142 Å². The van der Waals surface area contributed by atoms with Crippen LogP contribution < -0.4 is 5.32 Å². The maximum atomic E-state index is 12.2. The summed E-state index contributed by atoms with van der Waals surface area (Å²) in [5, 5.41) is 2.96. The van der Waals surface area contributed by atoms with Crippen LogP contribution in [0.15, 0.2) is 60.7 Å². The van der Waals surface area contributed by atoms with Crippen LogP contribution in [0.1, 0.15) is 24.0 Å². The maximum absolute atomic E-state index is 12.2. The predicted octanol–water partition coefficient (Wildman–Crippen LogP) is 2.91. The van der Waals surface area contributed by atoms with Crippen molar-refractivity contribution in [1.29, 1.82) is 0 Å². The van der Waals surface area contributed by atoms with Gasteiger partial charge in [-0.2, -0.15) is 0 Å². The number of amides is 1. The normalized spacial score (nSPS) is 11.5. The Morgan fingerprint density at radius 3 is 2.12 bits per heavy atom. The van der Waals surface area contributed by atoms with Crippen molar-refractivity contribution in [3.05, 3.63) is 71.8 Å². The van der Waals surface area contributed by atoms with E-state index in [1.807, 2.05) is 60.7 Å². The van der Waals surface area contributed by atoms with Crippen molar-refractivity contribution in [1.82, 2.24) is 5.32 Å². The average Bonchev–Trinajstić information content (AvgIpc) is 2.61. The number of carbonyl (C=O) groups excluding carboxylic acids is 2. The van der Waals surface area contributed by atoms with Crippen LogP contribution in [0.5, 0.6) is 0 Å². The number of hydrogen-bond acceptors (Lipinski definition) is 3. The van der Waals surface area contributed by atoms with Crippen molar-refractivity contribution < 1.29 is 14.3 Å². The molecule has 2 aromatic rings. The van der Waals surface area contributed by atoms with Gasteiger partial charge in [0.15, 0.2) is 0 Å². The molecular formula is C20H23NO3. The summed E-state index contributed by atoms with van der Waals surface area (Å²) in [7, 11) is 1.36. The third-order valence-electron chi connectivity index (χ3n) is 3.81. The molecule has 1 amide bonds. The van der Waals surface area contributed by atoms with Crippen LogP contribution in [-0.2, 0) is 27.2 Å². The fraction of sp³-hybridized carbons (Fsp3) is 0.300. The standard InChI is InChI=1S/C20H23NO3/c1-24-20(23)15-18(14-17-10-6-3-7-11-17)21-19(22)13-12-16-8-4-2-5-9-16/h2-11,18H,12-15H2,1H3,(H,21,22). The fourth-order valence-corrected chi connectivity index (χ4v) is 2.56. The highest BCUT2D eigenvalue weighted by Crippen LogP contribution is 2.08. The van der Waals surface area contributed by atoms with Crippen LogP contribution in [0, 0.1) is 0 Å². The number of methoxy groups -OCH3 is 1. The number of rotatable bonds is 8. The van der Waals surface area contributed by atoms with E-state index in [1.54, 1.807) is 0 Å². The third-order valence-corrected chi connectivity index (χ3v) is 3.81. The summed E-state index contributed by atoms with van der Waals surface area (Å²) in [5.41, 5.74) is 2.20. The Bertz CT molecular complexity index is 640. The highest BCUT2D eigenvalue weighted by Gasteiger charge is 2.17. The van der Waals surface area contributed by atoms with Gasteiger partial charge in [0.2, 0.25) is 5.91 Å². The molecule has 0 spiro atoms. The average molecular weight is 325 g/mol. The molecule has 0 saturated carbocycles. The molecular weight excluding hydrogens is 302 g/mol. The van der Waals surface area contributed by atoms with Gasteiger partial charge in [0.1, 0.15) is 0 Å². The van der Waals surface area contributed by atoms with Crippen molar-refractivity contribution in [2.24, 2.45) is 0 Å². The molecule has 0 aliphatic carbocycles. The van der Waals surface area contributed by atoms with E-state index in [1.165, 1.54) is 7.11 Å². The summed E-state index contributed by atoms with van der Waals surface area (Å²) in [5.74, 6) is -0.372. The minimum atomic E-state index is -0.320. The minimum Gasteiger partial charge on any atom is -0.469 e. The van der Waals surface area contributed by atoms with Gasteiger partial charge in [-0.25, -0.2) is 0 Å². The number of nitrogens with one attached hydrogen (secondary N) is 1. The first-order valence-electron chi connectivity index (χ1n) is 8.11. The molecule has 0 aromatic heterocycles. The van der Waals surface area contributed by atoms with Crippen LogP contribution in [0.4, 0.5) is 0 Å². The van der Waals surface area contributed by atoms with Gasteiger partial charge < -0.3 is 10.1 Å². The Morgan fingerprint density at radius 2 is 1.54 bits per heavy atom. The lowest BCUT2D eigenvalue weighted by Crippen LogP contribution is -2.38. The zero-order valence-electron chi connectivity index (χ0n) is 13.9. The molecule has 0 aliphatic rings. The number of carbonyl (C=O) groups is 2. The van der Waals surface area contributed by atoms with Gasteiger partial charge in [0, 0.05) is 12.5 Å². The lowest BCUT2D eigenvalue weighted by atomic mass is 10.0. The van der Waals surface area contributed by atoms with Crippen LogP contribution in [-0.4, -0.2) is 25.0 Å². The quantitative estimate of drug-likeness (QED) is 0.759. The predicted molar refractivity (Wildman–Crippen MR) is 93.5 cm³/mol. The summed E-state index contributed by atoms with van der Waals surface area (Å²) in [6, 6.07) is 19.4. The van der Waals surface area contributed by atoms with Crippen LogP contribution in [0.3, 0.4) is 0 Å². The van der Waals surface area contributed by atoms with E-state index in [0.29, 0.717) is 19.3 Å². The molecule has 0 heterocycles. The van der Waals surface area contributed by atoms with Crippen molar-refractivity contribution in [3.63, 3.8) is 0 Å². The topological polar surface area (TPSA) is 55.4 Å². The van der Waals surface area contributed by atoms with Gasteiger partial charge in [0.05, 0.1) is 13.5 Å². The van der Waals surface area contributed by atoms with Crippen molar-refractivity contribution >= 4 is 11.9 Å². The smallest absolute Gasteiger partial charge is 0.307 e. The van der Waals surface area contributed by atoms with Crippen LogP contribution in [0.25, 0.3) is 0 Å². The van der Waals surface area contributed by atoms with Crippen molar-refractivity contribution in [2.45, 2.75) is 31.7 Å². The first-order valence-corrected chi connectivity index (χ1v) is 8.11. The molecule has 0 saturated heterocycles. The first kappa shape index (κ1) is 17.7. The highest BCUT2D eigenvalue weighted by molar-refractivity contribution is 5.78. The summed E-state index contributed by atoms with van der Waals surface area (Å²) in [4.78, 5) is 23.8. The Hall–Kier alpha value is -2.62. The Balaban J connectivity index is 1.91. The first-order chi connectivity index (χ1) is 11.7. The number of hydrogen-bond donors (Lipinski definition) is 1. The number of aryl methyl sites for hydroxylation is 1. The molecule has 126 valence electrons. The number of esters is 1. The second kappa shape index (κ2) is 9.50. The van der Waals surface area contributed by atoms with Crippen LogP contribution >= 0.6 is 0 Å². The van der Waals surface area contributed by atoms with E-state index in [2.05, 4.69) is 5.32 Å².